The van der Waals surface area contributed by atoms with Crippen LogP contribution in [0.2, 0.25) is 5.02 Å². The van der Waals surface area contributed by atoms with Crippen molar-refractivity contribution in [2.75, 3.05) is 18.5 Å². The Hall–Kier alpha value is -3.15. The minimum atomic E-state index is -1.13. The molecule has 2 aliphatic rings. The zero-order valence-electron chi connectivity index (χ0n) is 20.3. The van der Waals surface area contributed by atoms with Gasteiger partial charge < -0.3 is 20.5 Å². The first kappa shape index (κ1) is 25.9. The number of nitriles is 1. The predicted molar refractivity (Wildman–Crippen MR) is 136 cm³/mol. The predicted octanol–water partition coefficient (Wildman–Crippen LogP) is 4.27. The number of carbonyl (C=O) groups is 2. The van der Waals surface area contributed by atoms with E-state index in [1.54, 1.807) is 13.0 Å². The zero-order chi connectivity index (χ0) is 25.7. The molecule has 1 saturated carbocycles. The lowest BCUT2D eigenvalue weighted by Gasteiger charge is -2.35. The molecule has 36 heavy (non-hydrogen) atoms. The Morgan fingerprint density at radius 1 is 1.36 bits per heavy atom. The number of anilines is 1. The number of nitrogens with zero attached hydrogens (tertiary/aromatic N) is 2. The van der Waals surface area contributed by atoms with Crippen LogP contribution in [-0.4, -0.2) is 47.3 Å². The number of benzene rings is 1. The molecular formula is C27H31ClN4O4. The molecule has 2 aromatic rings. The Labute approximate surface area is 216 Å². The first-order valence-electron chi connectivity index (χ1n) is 12.4. The van der Waals surface area contributed by atoms with Crippen molar-refractivity contribution >= 4 is 29.3 Å². The van der Waals surface area contributed by atoms with Gasteiger partial charge in [-0.05, 0) is 80.7 Å². The van der Waals surface area contributed by atoms with Crippen LogP contribution in [-0.2, 0) is 22.4 Å². The summed E-state index contributed by atoms with van der Waals surface area (Å²) < 4.78 is 5.88. The van der Waals surface area contributed by atoms with Gasteiger partial charge >= 0.3 is 5.97 Å². The Morgan fingerprint density at radius 3 is 2.89 bits per heavy atom. The molecule has 3 N–H and O–H groups in total. The van der Waals surface area contributed by atoms with Gasteiger partial charge in [-0.1, -0.05) is 17.7 Å². The summed E-state index contributed by atoms with van der Waals surface area (Å²) in [7, 11) is 0. The number of ether oxygens (including phenoxy) is 1. The highest BCUT2D eigenvalue weighted by Crippen LogP contribution is 2.34. The van der Waals surface area contributed by atoms with Gasteiger partial charge in [0.25, 0.3) is 5.91 Å². The molecule has 1 atom stereocenters. The SMILES string of the molecule is Cc1cc(C#N)cc(Cl)c1C(=O)N[C@@H](CCO[C@H]1C[C@@H](CCc2ccc3c(n2)NCCC3)C1)C(=O)O. The van der Waals surface area contributed by atoms with E-state index in [2.05, 4.69) is 22.8 Å². The highest BCUT2D eigenvalue weighted by Gasteiger charge is 2.30. The molecular weight excluding hydrogens is 480 g/mol. The fourth-order valence-electron chi connectivity index (χ4n) is 4.84. The van der Waals surface area contributed by atoms with Gasteiger partial charge in [0.2, 0.25) is 0 Å². The summed E-state index contributed by atoms with van der Waals surface area (Å²) >= 11 is 6.16. The maximum atomic E-state index is 12.7. The molecule has 0 unspecified atom stereocenters. The van der Waals surface area contributed by atoms with Crippen LogP contribution in [0.5, 0.6) is 0 Å². The van der Waals surface area contributed by atoms with Gasteiger partial charge in [-0.3, -0.25) is 4.79 Å². The van der Waals surface area contributed by atoms with Crippen molar-refractivity contribution in [2.24, 2.45) is 5.92 Å². The number of pyridine rings is 1. The van der Waals surface area contributed by atoms with Crippen molar-refractivity contribution in [2.45, 2.75) is 64.0 Å². The summed E-state index contributed by atoms with van der Waals surface area (Å²) in [5.74, 6) is -0.0977. The molecule has 0 spiro atoms. The van der Waals surface area contributed by atoms with Gasteiger partial charge in [-0.15, -0.1) is 0 Å². The van der Waals surface area contributed by atoms with Gasteiger partial charge in [0, 0.05) is 25.3 Å². The van der Waals surface area contributed by atoms with Gasteiger partial charge in [0.15, 0.2) is 0 Å². The number of hydrogen-bond acceptors (Lipinski definition) is 6. The molecule has 0 bridgehead atoms. The number of carboxylic acid groups (broad SMARTS) is 1. The smallest absolute Gasteiger partial charge is 0.326 e. The monoisotopic (exact) mass is 510 g/mol. The summed E-state index contributed by atoms with van der Waals surface area (Å²) in [6.45, 7) is 2.89. The van der Waals surface area contributed by atoms with Crippen LogP contribution in [0.15, 0.2) is 24.3 Å². The Kier molecular flexibility index (Phi) is 8.44. The molecule has 190 valence electrons. The van der Waals surface area contributed by atoms with E-state index in [0.29, 0.717) is 17.0 Å². The number of aryl methyl sites for hydroxylation is 3. The third-order valence-corrected chi connectivity index (χ3v) is 7.26. The molecule has 1 amide bonds. The van der Waals surface area contributed by atoms with E-state index in [9.17, 15) is 14.7 Å². The second kappa shape index (κ2) is 11.7. The van der Waals surface area contributed by atoms with E-state index in [4.69, 9.17) is 26.6 Å². The first-order valence-corrected chi connectivity index (χ1v) is 12.8. The van der Waals surface area contributed by atoms with Gasteiger partial charge in [-0.2, -0.15) is 5.26 Å². The summed E-state index contributed by atoms with van der Waals surface area (Å²) in [5.41, 5.74) is 3.44. The van der Waals surface area contributed by atoms with Crippen molar-refractivity contribution in [3.05, 3.63) is 57.2 Å². The zero-order valence-corrected chi connectivity index (χ0v) is 21.1. The maximum absolute atomic E-state index is 12.7. The van der Waals surface area contributed by atoms with Crippen molar-refractivity contribution in [1.29, 1.82) is 5.26 Å². The van der Waals surface area contributed by atoms with Crippen LogP contribution in [0.1, 0.15) is 64.8 Å². The Morgan fingerprint density at radius 2 is 2.17 bits per heavy atom. The third-order valence-electron chi connectivity index (χ3n) is 6.96. The molecule has 0 saturated heterocycles. The van der Waals surface area contributed by atoms with Crippen LogP contribution in [0, 0.1) is 24.2 Å². The fraction of sp³-hybridized carbons (Fsp3) is 0.481. The number of hydrogen-bond donors (Lipinski definition) is 3. The van der Waals surface area contributed by atoms with Crippen molar-refractivity contribution in [3.8, 4) is 6.07 Å². The highest BCUT2D eigenvalue weighted by molar-refractivity contribution is 6.34. The molecule has 1 aromatic heterocycles. The second-order valence-corrected chi connectivity index (χ2v) is 10.0. The number of aromatic nitrogens is 1. The lowest BCUT2D eigenvalue weighted by atomic mass is 9.79. The number of nitrogens with one attached hydrogen (secondary N) is 2. The number of rotatable bonds is 10. The summed E-state index contributed by atoms with van der Waals surface area (Å²) in [5, 5.41) is 24.6. The molecule has 1 aromatic carbocycles. The standard InChI is InChI=1S/C27H31ClN4O4/c1-16-11-18(15-29)14-22(28)24(16)26(33)32-23(27(34)35)8-10-36-21-12-17(13-21)4-6-20-7-5-19-3-2-9-30-25(19)31-20/h5,7,11,14,17,21,23H,2-4,6,8-10,12-13H2,1H3,(H,30,31)(H,32,33)(H,34,35)/t17-,21+,23-/m0/s1. The van der Waals surface area contributed by atoms with Crippen LogP contribution in [0.3, 0.4) is 0 Å². The van der Waals surface area contributed by atoms with Crippen LogP contribution < -0.4 is 10.6 Å². The Balaban J connectivity index is 1.19. The summed E-state index contributed by atoms with van der Waals surface area (Å²) in [4.78, 5) is 29.1. The normalized spacial score (nSPS) is 19.2. The van der Waals surface area contributed by atoms with E-state index < -0.39 is 17.9 Å². The van der Waals surface area contributed by atoms with Gasteiger partial charge in [0.1, 0.15) is 11.9 Å². The molecule has 0 radical (unpaired) electrons. The van der Waals surface area contributed by atoms with E-state index in [0.717, 1.165) is 56.6 Å². The van der Waals surface area contributed by atoms with Crippen molar-refractivity contribution < 1.29 is 19.4 Å². The van der Waals surface area contributed by atoms with Crippen LogP contribution >= 0.6 is 11.6 Å². The number of carboxylic acids is 1. The molecule has 9 heteroatoms. The lowest BCUT2D eigenvalue weighted by molar-refractivity contribution is -0.140. The minimum Gasteiger partial charge on any atom is -0.480 e. The maximum Gasteiger partial charge on any atom is 0.326 e. The van der Waals surface area contributed by atoms with E-state index in [1.807, 2.05) is 6.07 Å². The van der Waals surface area contributed by atoms with Crippen molar-refractivity contribution in [3.63, 3.8) is 0 Å². The Bertz CT molecular complexity index is 1150. The molecule has 2 heterocycles. The van der Waals surface area contributed by atoms with Gasteiger partial charge in [0.05, 0.1) is 28.3 Å². The number of carbonyl (C=O) groups excluding carboxylic acids is 1. The number of amides is 1. The van der Waals surface area contributed by atoms with Crippen LogP contribution in [0.25, 0.3) is 0 Å². The summed E-state index contributed by atoms with van der Waals surface area (Å²) in [6.07, 6.45) is 6.42. The molecule has 1 aliphatic carbocycles. The second-order valence-electron chi connectivity index (χ2n) is 9.62. The first-order chi connectivity index (χ1) is 17.3. The van der Waals surface area contributed by atoms with Crippen molar-refractivity contribution in [1.82, 2.24) is 10.3 Å². The minimum absolute atomic E-state index is 0.117. The average molecular weight is 511 g/mol. The third kappa shape index (κ3) is 6.34. The topological polar surface area (TPSA) is 124 Å². The largest absolute Gasteiger partial charge is 0.480 e. The molecule has 1 aliphatic heterocycles. The average Bonchev–Trinajstić information content (AvgIpc) is 2.83. The lowest BCUT2D eigenvalue weighted by Crippen LogP contribution is -2.42. The number of aliphatic carboxylic acids is 1. The summed E-state index contributed by atoms with van der Waals surface area (Å²) in [6, 6.07) is 8.15. The highest BCUT2D eigenvalue weighted by atomic mass is 35.5. The quantitative estimate of drug-likeness (QED) is 0.435. The molecule has 1 fully saturated rings. The number of halogens is 1. The fourth-order valence-corrected chi connectivity index (χ4v) is 5.20. The van der Waals surface area contributed by atoms with E-state index in [1.165, 1.54) is 11.6 Å². The molecule has 8 nitrogen and oxygen atoms in total. The van der Waals surface area contributed by atoms with E-state index >= 15 is 0 Å². The number of fused-ring (bicyclic) bond motifs is 1. The van der Waals surface area contributed by atoms with E-state index in [-0.39, 0.29) is 29.7 Å². The van der Waals surface area contributed by atoms with Gasteiger partial charge in [-0.25, -0.2) is 9.78 Å². The molecule has 4 rings (SSSR count). The van der Waals surface area contributed by atoms with Crippen LogP contribution in [0.4, 0.5) is 5.82 Å².